The van der Waals surface area contributed by atoms with Gasteiger partial charge >= 0.3 is 18.1 Å². The van der Waals surface area contributed by atoms with E-state index in [-0.39, 0.29) is 36.0 Å². The maximum atomic E-state index is 14.4. The molecule has 1 aromatic carbocycles. The van der Waals surface area contributed by atoms with Gasteiger partial charge in [0.25, 0.3) is 10.0 Å². The van der Waals surface area contributed by atoms with Gasteiger partial charge in [-0.15, -0.1) is 0 Å². The fourth-order valence-corrected chi connectivity index (χ4v) is 5.37. The van der Waals surface area contributed by atoms with E-state index in [1.165, 1.54) is 12.1 Å². The molecule has 11 heteroatoms. The van der Waals surface area contributed by atoms with Crippen LogP contribution in [0.3, 0.4) is 0 Å². The highest BCUT2D eigenvalue weighted by atomic mass is 32.2. The van der Waals surface area contributed by atoms with Crippen LogP contribution in [0.15, 0.2) is 40.3 Å². The van der Waals surface area contributed by atoms with E-state index in [1.807, 2.05) is 4.72 Å². The summed E-state index contributed by atoms with van der Waals surface area (Å²) in [6.07, 6.45) is 5.32. The predicted molar refractivity (Wildman–Crippen MR) is 124 cm³/mol. The second kappa shape index (κ2) is 10.7. The lowest BCUT2D eigenvalue weighted by atomic mass is 9.96. The molecule has 0 spiro atoms. The molecular formula is C23H32F2N4O4S. The number of rotatable bonds is 7. The van der Waals surface area contributed by atoms with Crippen molar-refractivity contribution in [2.24, 2.45) is 0 Å². The topological polar surface area (TPSA) is 108 Å². The summed E-state index contributed by atoms with van der Waals surface area (Å²) in [5.41, 5.74) is 1.18. The predicted octanol–water partition coefficient (Wildman–Crippen LogP) is 3.89. The van der Waals surface area contributed by atoms with Crippen LogP contribution >= 0.6 is 0 Å². The van der Waals surface area contributed by atoms with Gasteiger partial charge in [-0.05, 0) is 55.9 Å². The van der Waals surface area contributed by atoms with Gasteiger partial charge in [0.05, 0.1) is 4.90 Å². The number of halogens is 2. The summed E-state index contributed by atoms with van der Waals surface area (Å²) in [6.45, 7) is 3.23. The summed E-state index contributed by atoms with van der Waals surface area (Å²) in [6, 6.07) is 0.945. The molecule has 4 amide bonds. The highest BCUT2D eigenvalue weighted by molar-refractivity contribution is 7.90. The minimum Gasteiger partial charge on any atom is -0.337 e. The molecule has 34 heavy (non-hydrogen) atoms. The van der Waals surface area contributed by atoms with Crippen molar-refractivity contribution < 1.29 is 26.8 Å². The third-order valence-electron chi connectivity index (χ3n) is 6.30. The maximum Gasteiger partial charge on any atom is 0.352 e. The average Bonchev–Trinajstić information content (AvgIpc) is 3.02. The Bertz CT molecular complexity index is 1040. The molecule has 0 bridgehead atoms. The Morgan fingerprint density at radius 3 is 2.35 bits per heavy atom. The minimum atomic E-state index is -4.02. The monoisotopic (exact) mass is 498 g/mol. The van der Waals surface area contributed by atoms with Gasteiger partial charge < -0.3 is 10.6 Å². The quantitative estimate of drug-likeness (QED) is 0.392. The van der Waals surface area contributed by atoms with E-state index in [1.54, 1.807) is 26.0 Å². The van der Waals surface area contributed by atoms with Crippen molar-refractivity contribution in [2.45, 2.75) is 75.8 Å². The molecule has 1 aromatic rings. The zero-order chi connectivity index (χ0) is 24.9. The van der Waals surface area contributed by atoms with Crippen molar-refractivity contribution in [3.05, 3.63) is 41.0 Å². The van der Waals surface area contributed by atoms with Crippen LogP contribution in [0.25, 0.3) is 0 Å². The molecule has 3 N–H and O–H groups in total. The molecule has 1 aliphatic carbocycles. The van der Waals surface area contributed by atoms with E-state index in [2.05, 4.69) is 10.6 Å². The number of carbonyl (C=O) groups is 2. The number of hydrogen-bond donors (Lipinski definition) is 3. The standard InChI is InChI=1S/C23H32F2N4O4S/c1-3-20-16(2)15-29(23(20,24)25)22(31)26-14-13-17-9-11-19(12-10-17)34(32,33)28-21(30)27-18-7-5-4-6-8-18/h9-12,18H,3-8,13-15H2,1-2H3,(H,26,31)(H2,27,28,30). The van der Waals surface area contributed by atoms with Crippen molar-refractivity contribution >= 4 is 22.1 Å². The summed E-state index contributed by atoms with van der Waals surface area (Å²) in [5.74, 6) is 0. The first-order chi connectivity index (χ1) is 16.0. The normalized spacial score (nSPS) is 18.6. The van der Waals surface area contributed by atoms with Crippen LogP contribution in [-0.2, 0) is 16.4 Å². The Balaban J connectivity index is 1.49. The van der Waals surface area contributed by atoms with Gasteiger partial charge in [-0.1, -0.05) is 38.3 Å². The molecule has 8 nitrogen and oxygen atoms in total. The van der Waals surface area contributed by atoms with E-state index in [4.69, 9.17) is 0 Å². The molecule has 1 heterocycles. The number of nitrogens with zero attached hydrogens (tertiary/aromatic N) is 1. The minimum absolute atomic E-state index is 0.0182. The third-order valence-corrected chi connectivity index (χ3v) is 7.65. The number of hydrogen-bond acceptors (Lipinski definition) is 4. The van der Waals surface area contributed by atoms with Gasteiger partial charge in [0, 0.05) is 24.7 Å². The lowest BCUT2D eigenvalue weighted by Gasteiger charge is -2.26. The maximum absolute atomic E-state index is 14.4. The van der Waals surface area contributed by atoms with E-state index >= 15 is 0 Å². The molecule has 0 atom stereocenters. The molecule has 1 fully saturated rings. The van der Waals surface area contributed by atoms with Gasteiger partial charge in [0.15, 0.2) is 0 Å². The second-order valence-electron chi connectivity index (χ2n) is 8.78. The molecule has 0 radical (unpaired) electrons. The largest absolute Gasteiger partial charge is 0.352 e. The van der Waals surface area contributed by atoms with Gasteiger partial charge in [-0.2, -0.15) is 8.78 Å². The summed E-state index contributed by atoms with van der Waals surface area (Å²) in [5, 5.41) is 5.20. The molecule has 1 saturated carbocycles. The van der Waals surface area contributed by atoms with Crippen molar-refractivity contribution in [2.75, 3.05) is 13.1 Å². The molecule has 0 aromatic heterocycles. The van der Waals surface area contributed by atoms with E-state index in [0.717, 1.165) is 32.1 Å². The summed E-state index contributed by atoms with van der Waals surface area (Å²) >= 11 is 0. The number of urea groups is 2. The van der Waals surface area contributed by atoms with Crippen molar-refractivity contribution in [1.82, 2.24) is 20.3 Å². The van der Waals surface area contributed by atoms with E-state index < -0.39 is 28.1 Å². The Labute approximate surface area is 199 Å². The molecule has 2 aliphatic rings. The van der Waals surface area contributed by atoms with Gasteiger partial charge in [-0.3, -0.25) is 4.90 Å². The van der Waals surface area contributed by atoms with Gasteiger partial charge in [0.2, 0.25) is 0 Å². The number of carbonyl (C=O) groups excluding carboxylic acids is 2. The highest BCUT2D eigenvalue weighted by Gasteiger charge is 2.48. The molecular weight excluding hydrogens is 466 g/mol. The average molecular weight is 499 g/mol. The molecule has 3 rings (SSSR count). The molecule has 0 unspecified atom stereocenters. The van der Waals surface area contributed by atoms with Crippen molar-refractivity contribution in [1.29, 1.82) is 0 Å². The lowest BCUT2D eigenvalue weighted by Crippen LogP contribution is -2.48. The fourth-order valence-electron chi connectivity index (χ4n) is 4.45. The Morgan fingerprint density at radius 1 is 1.12 bits per heavy atom. The summed E-state index contributed by atoms with van der Waals surface area (Å²) < 4.78 is 55.8. The van der Waals surface area contributed by atoms with Crippen LogP contribution in [-0.4, -0.2) is 50.6 Å². The Morgan fingerprint density at radius 2 is 1.76 bits per heavy atom. The van der Waals surface area contributed by atoms with Gasteiger partial charge in [-0.25, -0.2) is 22.7 Å². The van der Waals surface area contributed by atoms with Crippen molar-refractivity contribution in [3.8, 4) is 0 Å². The molecule has 1 aliphatic heterocycles. The van der Waals surface area contributed by atoms with Crippen molar-refractivity contribution in [3.63, 3.8) is 0 Å². The molecule has 188 valence electrons. The van der Waals surface area contributed by atoms with Crippen LogP contribution in [0.5, 0.6) is 0 Å². The third kappa shape index (κ3) is 6.05. The summed E-state index contributed by atoms with van der Waals surface area (Å²) in [7, 11) is -4.02. The van der Waals surface area contributed by atoms with Crippen LogP contribution in [0, 0.1) is 0 Å². The first-order valence-electron chi connectivity index (χ1n) is 11.6. The number of benzene rings is 1. The number of sulfonamides is 1. The first-order valence-corrected chi connectivity index (χ1v) is 13.1. The smallest absolute Gasteiger partial charge is 0.337 e. The Kier molecular flexibility index (Phi) is 8.17. The van der Waals surface area contributed by atoms with Crippen LogP contribution in [0.2, 0.25) is 0 Å². The highest BCUT2D eigenvalue weighted by Crippen LogP contribution is 2.39. The zero-order valence-corrected chi connectivity index (χ0v) is 20.3. The lowest BCUT2D eigenvalue weighted by molar-refractivity contribution is -0.0709. The number of nitrogens with one attached hydrogen (secondary N) is 3. The summed E-state index contributed by atoms with van der Waals surface area (Å²) in [4.78, 5) is 24.8. The van der Waals surface area contributed by atoms with Crippen LogP contribution < -0.4 is 15.4 Å². The molecule has 0 saturated heterocycles. The first kappa shape index (κ1) is 25.9. The van der Waals surface area contributed by atoms with Gasteiger partial charge in [0.1, 0.15) is 0 Å². The van der Waals surface area contributed by atoms with E-state index in [0.29, 0.717) is 22.5 Å². The number of alkyl halides is 2. The SMILES string of the molecule is CCC1=C(C)CN(C(=O)NCCc2ccc(S(=O)(=O)NC(=O)NC3CCCCC3)cc2)C1(F)F. The Hall–Kier alpha value is -2.69. The zero-order valence-electron chi connectivity index (χ0n) is 19.5. The van der Waals surface area contributed by atoms with E-state index in [9.17, 15) is 26.8 Å². The second-order valence-corrected chi connectivity index (χ2v) is 10.5. The van der Waals surface area contributed by atoms with Crippen LogP contribution in [0.1, 0.15) is 57.9 Å². The number of amides is 4. The fraction of sp³-hybridized carbons (Fsp3) is 0.565. The van der Waals surface area contributed by atoms with Crippen LogP contribution in [0.4, 0.5) is 18.4 Å².